The molecule has 0 fully saturated rings. The van der Waals surface area contributed by atoms with Gasteiger partial charge in [0.1, 0.15) is 0 Å². The molecule has 0 aliphatic rings. The predicted octanol–water partition coefficient (Wildman–Crippen LogP) is -1.05. The molecule has 0 amide bonds. The summed E-state index contributed by atoms with van der Waals surface area (Å²) < 4.78 is 0. The van der Waals surface area contributed by atoms with Gasteiger partial charge in [-0.15, -0.1) is 0 Å². The van der Waals surface area contributed by atoms with Crippen molar-refractivity contribution in [2.24, 2.45) is 17.2 Å². The Kier molecular flexibility index (Phi) is 10.0. The van der Waals surface area contributed by atoms with Crippen molar-refractivity contribution >= 4 is 0 Å². The summed E-state index contributed by atoms with van der Waals surface area (Å²) in [6.45, 7) is 4.65. The number of hydrogen-bond donors (Lipinski definition) is 3. The van der Waals surface area contributed by atoms with E-state index in [1.54, 1.807) is 0 Å². The fourth-order valence-electron chi connectivity index (χ4n) is 1.14. The summed E-state index contributed by atoms with van der Waals surface area (Å²) in [6.07, 6.45) is 2.02. The molecule has 6 N–H and O–H groups in total. The zero-order valence-corrected chi connectivity index (χ0v) is 8.84. The first-order chi connectivity index (χ1) is 6.85. The van der Waals surface area contributed by atoms with Crippen LogP contribution in [0.25, 0.3) is 0 Å². The molecule has 0 aliphatic carbocycles. The van der Waals surface area contributed by atoms with Crippen LogP contribution in [0.2, 0.25) is 0 Å². The number of nitrogens with two attached hydrogens (primary N) is 3. The zero-order valence-electron chi connectivity index (χ0n) is 8.84. The van der Waals surface area contributed by atoms with Gasteiger partial charge in [0.05, 0.1) is 13.1 Å². The zero-order chi connectivity index (χ0) is 10.6. The lowest BCUT2D eigenvalue weighted by Crippen LogP contribution is -2.29. The first-order valence-corrected chi connectivity index (χ1v) is 5.13. The highest BCUT2D eigenvalue weighted by molar-refractivity contribution is 5.02. The van der Waals surface area contributed by atoms with E-state index in [-0.39, 0.29) is 0 Å². The van der Waals surface area contributed by atoms with Gasteiger partial charge in [0.25, 0.3) is 0 Å². The van der Waals surface area contributed by atoms with Crippen LogP contribution < -0.4 is 17.2 Å². The van der Waals surface area contributed by atoms with E-state index in [0.29, 0.717) is 6.54 Å². The van der Waals surface area contributed by atoms with Crippen molar-refractivity contribution < 1.29 is 0 Å². The monoisotopic (exact) mass is 198 g/mol. The molecule has 0 aliphatic heterocycles. The lowest BCUT2D eigenvalue weighted by Gasteiger charge is -2.18. The van der Waals surface area contributed by atoms with Gasteiger partial charge in [-0.05, 0) is 25.9 Å². The van der Waals surface area contributed by atoms with Crippen LogP contribution in [0.15, 0.2) is 0 Å². The fourth-order valence-corrected chi connectivity index (χ4v) is 1.14. The fraction of sp³-hybridized carbons (Fsp3) is 0.800. The molecule has 82 valence electrons. The average molecular weight is 198 g/mol. The molecule has 0 unspecified atom stereocenters. The molecular weight excluding hydrogens is 176 g/mol. The van der Waals surface area contributed by atoms with Gasteiger partial charge in [0.15, 0.2) is 0 Å². The number of rotatable bonds is 7. The van der Waals surface area contributed by atoms with Crippen LogP contribution in [0.1, 0.15) is 12.8 Å². The Morgan fingerprint density at radius 2 is 1.43 bits per heavy atom. The molecule has 0 radical (unpaired) electrons. The third-order valence-electron chi connectivity index (χ3n) is 1.89. The Morgan fingerprint density at radius 1 is 0.857 bits per heavy atom. The third kappa shape index (κ3) is 8.02. The molecule has 0 atom stereocenters. The summed E-state index contributed by atoms with van der Waals surface area (Å²) in [5.74, 6) is 5.88. The number of hydrogen-bond acceptors (Lipinski definition) is 4. The maximum atomic E-state index is 5.45. The SMILES string of the molecule is NCC#CCN(CCCN)CCCN. The molecule has 0 aromatic heterocycles. The van der Waals surface area contributed by atoms with E-state index in [0.717, 1.165) is 45.6 Å². The second-order valence-electron chi connectivity index (χ2n) is 3.12. The first kappa shape index (κ1) is 13.4. The van der Waals surface area contributed by atoms with Crippen LogP contribution in [-0.4, -0.2) is 44.2 Å². The maximum absolute atomic E-state index is 5.45. The van der Waals surface area contributed by atoms with E-state index in [1.165, 1.54) is 0 Å². The van der Waals surface area contributed by atoms with Crippen molar-refractivity contribution in [2.75, 3.05) is 39.3 Å². The van der Waals surface area contributed by atoms with Crippen LogP contribution >= 0.6 is 0 Å². The number of nitrogens with zero attached hydrogens (tertiary/aromatic N) is 1. The van der Waals surface area contributed by atoms with Gasteiger partial charge in [-0.3, -0.25) is 4.90 Å². The maximum Gasteiger partial charge on any atom is 0.0602 e. The van der Waals surface area contributed by atoms with Crippen LogP contribution in [0.4, 0.5) is 0 Å². The van der Waals surface area contributed by atoms with E-state index >= 15 is 0 Å². The Bertz CT molecular complexity index is 163. The predicted molar refractivity (Wildman–Crippen MR) is 60.6 cm³/mol. The molecule has 0 aromatic carbocycles. The first-order valence-electron chi connectivity index (χ1n) is 5.13. The quantitative estimate of drug-likeness (QED) is 0.456. The molecule has 0 saturated heterocycles. The lowest BCUT2D eigenvalue weighted by atomic mass is 10.3. The van der Waals surface area contributed by atoms with Crippen molar-refractivity contribution in [1.82, 2.24) is 4.90 Å². The van der Waals surface area contributed by atoms with Gasteiger partial charge in [-0.1, -0.05) is 11.8 Å². The molecule has 0 heterocycles. The van der Waals surface area contributed by atoms with Crippen LogP contribution in [0.5, 0.6) is 0 Å². The molecule has 0 spiro atoms. The largest absolute Gasteiger partial charge is 0.330 e. The minimum absolute atomic E-state index is 0.432. The van der Waals surface area contributed by atoms with E-state index in [1.807, 2.05) is 0 Å². The molecule has 0 rings (SSSR count). The average Bonchev–Trinajstić information content (AvgIpc) is 2.21. The molecular formula is C10H22N4. The van der Waals surface area contributed by atoms with Crippen molar-refractivity contribution in [2.45, 2.75) is 12.8 Å². The summed E-state index contributed by atoms with van der Waals surface area (Å²) in [6, 6.07) is 0. The molecule has 4 heteroatoms. The Labute approximate surface area is 86.8 Å². The van der Waals surface area contributed by atoms with Crippen LogP contribution in [-0.2, 0) is 0 Å². The van der Waals surface area contributed by atoms with E-state index in [9.17, 15) is 0 Å². The molecule has 4 nitrogen and oxygen atoms in total. The molecule has 0 aromatic rings. The summed E-state index contributed by atoms with van der Waals surface area (Å²) in [5.41, 5.74) is 16.2. The summed E-state index contributed by atoms with van der Waals surface area (Å²) in [7, 11) is 0. The second-order valence-corrected chi connectivity index (χ2v) is 3.12. The van der Waals surface area contributed by atoms with Crippen LogP contribution in [0.3, 0.4) is 0 Å². The highest BCUT2D eigenvalue weighted by Crippen LogP contribution is 1.92. The second kappa shape index (κ2) is 10.5. The lowest BCUT2D eigenvalue weighted by molar-refractivity contribution is 0.302. The van der Waals surface area contributed by atoms with E-state index < -0.39 is 0 Å². The van der Waals surface area contributed by atoms with Crippen molar-refractivity contribution in [3.05, 3.63) is 0 Å². The van der Waals surface area contributed by atoms with Crippen molar-refractivity contribution in [1.29, 1.82) is 0 Å². The molecule has 0 saturated carbocycles. The highest BCUT2D eigenvalue weighted by atomic mass is 15.1. The third-order valence-corrected chi connectivity index (χ3v) is 1.89. The van der Waals surface area contributed by atoms with Gasteiger partial charge < -0.3 is 17.2 Å². The summed E-state index contributed by atoms with van der Waals surface area (Å²) >= 11 is 0. The smallest absolute Gasteiger partial charge is 0.0602 e. The van der Waals surface area contributed by atoms with Gasteiger partial charge >= 0.3 is 0 Å². The Balaban J connectivity index is 3.71. The molecule has 14 heavy (non-hydrogen) atoms. The minimum atomic E-state index is 0.432. The van der Waals surface area contributed by atoms with Gasteiger partial charge in [0, 0.05) is 13.1 Å². The van der Waals surface area contributed by atoms with Gasteiger partial charge in [-0.25, -0.2) is 0 Å². The highest BCUT2D eigenvalue weighted by Gasteiger charge is 2.00. The van der Waals surface area contributed by atoms with E-state index in [2.05, 4.69) is 16.7 Å². The Morgan fingerprint density at radius 3 is 1.86 bits per heavy atom. The van der Waals surface area contributed by atoms with E-state index in [4.69, 9.17) is 17.2 Å². The minimum Gasteiger partial charge on any atom is -0.330 e. The van der Waals surface area contributed by atoms with Gasteiger partial charge in [0.2, 0.25) is 0 Å². The molecule has 0 bridgehead atoms. The van der Waals surface area contributed by atoms with Crippen molar-refractivity contribution in [3.63, 3.8) is 0 Å². The summed E-state index contributed by atoms with van der Waals surface area (Å²) in [4.78, 5) is 2.27. The van der Waals surface area contributed by atoms with Crippen LogP contribution in [0, 0.1) is 11.8 Å². The topological polar surface area (TPSA) is 81.3 Å². The van der Waals surface area contributed by atoms with Crippen molar-refractivity contribution in [3.8, 4) is 11.8 Å². The Hall–Kier alpha value is -0.600. The van der Waals surface area contributed by atoms with Gasteiger partial charge in [-0.2, -0.15) is 0 Å². The standard InChI is InChI=1S/C10H22N4/c11-5-1-2-8-14(9-3-6-12)10-4-7-13/h3-13H2. The summed E-state index contributed by atoms with van der Waals surface area (Å²) in [5, 5.41) is 0. The normalized spacial score (nSPS) is 10.0.